The van der Waals surface area contributed by atoms with Crippen LogP contribution >= 0.6 is 0 Å². The molecule has 3 aromatic carbocycles. The largest absolute Gasteiger partial charge is 0.489 e. The number of ether oxygens (including phenoxy) is 1. The summed E-state index contributed by atoms with van der Waals surface area (Å²) in [5.41, 5.74) is 5.34. The number of hydrogen-bond donors (Lipinski definition) is 1. The lowest BCUT2D eigenvalue weighted by molar-refractivity contribution is 0.1000. The molecule has 4 rings (SSSR count). The van der Waals surface area contributed by atoms with Crippen molar-refractivity contribution in [3.63, 3.8) is 0 Å². The van der Waals surface area contributed by atoms with Gasteiger partial charge in [0.1, 0.15) is 18.2 Å². The van der Waals surface area contributed by atoms with Crippen molar-refractivity contribution >= 4 is 5.91 Å². The Balaban J connectivity index is 1.49. The predicted molar refractivity (Wildman–Crippen MR) is 125 cm³/mol. The van der Waals surface area contributed by atoms with Crippen molar-refractivity contribution in [2.24, 2.45) is 5.73 Å². The highest BCUT2D eigenvalue weighted by atomic mass is 19.1. The molecule has 35 heavy (non-hydrogen) atoms. The maximum absolute atomic E-state index is 14.3. The zero-order valence-electron chi connectivity index (χ0n) is 18.5. The molecule has 1 amide bonds. The molecule has 0 fully saturated rings. The maximum Gasteiger partial charge on any atom is 0.331 e. The summed E-state index contributed by atoms with van der Waals surface area (Å²) in [6, 6.07) is 19.2. The topological polar surface area (TPSA) is 96.3 Å². The van der Waals surface area contributed by atoms with Crippen molar-refractivity contribution in [1.82, 2.24) is 9.13 Å². The monoisotopic (exact) mass is 477 g/mol. The van der Waals surface area contributed by atoms with E-state index >= 15 is 0 Å². The van der Waals surface area contributed by atoms with Crippen LogP contribution in [0.2, 0.25) is 0 Å². The Morgan fingerprint density at radius 3 is 2.31 bits per heavy atom. The van der Waals surface area contributed by atoms with Crippen LogP contribution in [0.1, 0.15) is 27.0 Å². The number of rotatable bonds is 8. The van der Waals surface area contributed by atoms with Gasteiger partial charge in [-0.2, -0.15) is 4.39 Å². The van der Waals surface area contributed by atoms with Gasteiger partial charge in [-0.05, 0) is 41.5 Å². The Morgan fingerprint density at radius 1 is 0.857 bits per heavy atom. The van der Waals surface area contributed by atoms with Gasteiger partial charge in [0.25, 0.3) is 5.56 Å². The Morgan fingerprint density at radius 2 is 1.60 bits per heavy atom. The first-order chi connectivity index (χ1) is 16.8. The maximum atomic E-state index is 14.3. The molecule has 0 unspecified atom stereocenters. The van der Waals surface area contributed by atoms with Crippen molar-refractivity contribution in [2.45, 2.75) is 19.7 Å². The SMILES string of the molecule is NC(=O)c1cccc(COc2ccc(Cn3cc(F)c(=O)n(Cc4ccccc4F)c3=O)cc2)c1. The van der Waals surface area contributed by atoms with Crippen LogP contribution in [-0.2, 0) is 19.7 Å². The Bertz CT molecular complexity index is 1490. The van der Waals surface area contributed by atoms with Crippen molar-refractivity contribution < 1.29 is 18.3 Å². The summed E-state index contributed by atoms with van der Waals surface area (Å²) in [7, 11) is 0. The molecule has 4 aromatic rings. The second kappa shape index (κ2) is 10.2. The number of benzene rings is 3. The van der Waals surface area contributed by atoms with E-state index in [1.54, 1.807) is 54.6 Å². The first-order valence-corrected chi connectivity index (χ1v) is 10.7. The summed E-state index contributed by atoms with van der Waals surface area (Å²) < 4.78 is 35.8. The van der Waals surface area contributed by atoms with Gasteiger partial charge in [0.15, 0.2) is 0 Å². The van der Waals surface area contributed by atoms with E-state index in [1.165, 1.54) is 18.2 Å². The second-order valence-electron chi connectivity index (χ2n) is 7.87. The normalized spacial score (nSPS) is 10.8. The number of halogens is 2. The van der Waals surface area contributed by atoms with E-state index in [0.29, 0.717) is 21.4 Å². The standard InChI is InChI=1S/C26H21F2N3O4/c27-22-7-2-1-5-20(22)14-31-25(33)23(28)15-30(26(31)34)13-17-8-10-21(11-9-17)35-16-18-4-3-6-19(12-18)24(29)32/h1-12,15H,13-14,16H2,(H2,29,32). The van der Waals surface area contributed by atoms with E-state index in [-0.39, 0.29) is 25.3 Å². The van der Waals surface area contributed by atoms with E-state index in [2.05, 4.69) is 0 Å². The van der Waals surface area contributed by atoms with Gasteiger partial charge in [-0.1, -0.05) is 42.5 Å². The lowest BCUT2D eigenvalue weighted by Crippen LogP contribution is -2.41. The van der Waals surface area contributed by atoms with Crippen LogP contribution in [0.25, 0.3) is 0 Å². The van der Waals surface area contributed by atoms with Gasteiger partial charge in [0.2, 0.25) is 11.7 Å². The number of carbonyl (C=O) groups is 1. The molecule has 0 bridgehead atoms. The van der Waals surface area contributed by atoms with E-state index in [0.717, 1.165) is 16.3 Å². The molecule has 1 aromatic heterocycles. The fourth-order valence-corrected chi connectivity index (χ4v) is 3.54. The third kappa shape index (κ3) is 5.52. The third-order valence-electron chi connectivity index (χ3n) is 5.37. The average molecular weight is 477 g/mol. The summed E-state index contributed by atoms with van der Waals surface area (Å²) in [4.78, 5) is 36.4. The number of carbonyl (C=O) groups excluding carboxylic acids is 1. The van der Waals surface area contributed by atoms with Crippen molar-refractivity contribution in [3.05, 3.63) is 134 Å². The van der Waals surface area contributed by atoms with Gasteiger partial charge in [0.05, 0.1) is 19.3 Å². The Kier molecular flexibility index (Phi) is 6.86. The van der Waals surface area contributed by atoms with Crippen LogP contribution in [0, 0.1) is 11.6 Å². The molecule has 0 atom stereocenters. The summed E-state index contributed by atoms with van der Waals surface area (Å²) in [6.07, 6.45) is 0.846. The van der Waals surface area contributed by atoms with Crippen LogP contribution in [0.3, 0.4) is 0 Å². The Hall–Kier alpha value is -4.53. The number of primary amides is 1. The highest BCUT2D eigenvalue weighted by Gasteiger charge is 2.14. The number of nitrogens with zero attached hydrogens (tertiary/aromatic N) is 2. The molecule has 2 N–H and O–H groups in total. The smallest absolute Gasteiger partial charge is 0.331 e. The van der Waals surface area contributed by atoms with E-state index in [9.17, 15) is 23.2 Å². The molecule has 1 heterocycles. The fraction of sp³-hybridized carbons (Fsp3) is 0.115. The van der Waals surface area contributed by atoms with Crippen molar-refractivity contribution in [1.29, 1.82) is 0 Å². The lowest BCUT2D eigenvalue weighted by Gasteiger charge is -2.12. The van der Waals surface area contributed by atoms with E-state index in [1.807, 2.05) is 0 Å². The molecule has 0 saturated heterocycles. The molecule has 178 valence electrons. The summed E-state index contributed by atoms with van der Waals surface area (Å²) in [5, 5.41) is 0. The minimum atomic E-state index is -1.11. The predicted octanol–water partition coefficient (Wildman–Crippen LogP) is 3.06. The van der Waals surface area contributed by atoms with Crippen LogP contribution < -0.4 is 21.7 Å². The molecule has 0 spiro atoms. The summed E-state index contributed by atoms with van der Waals surface area (Å²) in [6.45, 7) is -0.174. The van der Waals surface area contributed by atoms with Crippen LogP contribution in [0.4, 0.5) is 8.78 Å². The minimum Gasteiger partial charge on any atom is -0.489 e. The van der Waals surface area contributed by atoms with Crippen LogP contribution in [-0.4, -0.2) is 15.0 Å². The zero-order chi connectivity index (χ0) is 24.9. The fourth-order valence-electron chi connectivity index (χ4n) is 3.54. The molecule has 0 aliphatic rings. The molecule has 0 aliphatic heterocycles. The van der Waals surface area contributed by atoms with Crippen LogP contribution in [0.15, 0.2) is 88.6 Å². The molecule has 7 nitrogen and oxygen atoms in total. The average Bonchev–Trinajstić information content (AvgIpc) is 2.86. The number of aromatic nitrogens is 2. The highest BCUT2D eigenvalue weighted by molar-refractivity contribution is 5.92. The summed E-state index contributed by atoms with van der Waals surface area (Å²) in [5.74, 6) is -1.69. The van der Waals surface area contributed by atoms with E-state index < -0.39 is 28.8 Å². The number of nitrogens with two attached hydrogens (primary N) is 1. The minimum absolute atomic E-state index is 0.00571. The first-order valence-electron chi connectivity index (χ1n) is 10.7. The van der Waals surface area contributed by atoms with Gasteiger partial charge in [-0.3, -0.25) is 18.7 Å². The quantitative estimate of drug-likeness (QED) is 0.422. The van der Waals surface area contributed by atoms with Gasteiger partial charge >= 0.3 is 5.69 Å². The third-order valence-corrected chi connectivity index (χ3v) is 5.37. The molecule has 9 heteroatoms. The second-order valence-corrected chi connectivity index (χ2v) is 7.87. The van der Waals surface area contributed by atoms with Crippen molar-refractivity contribution in [3.8, 4) is 5.75 Å². The molecular weight excluding hydrogens is 456 g/mol. The summed E-state index contributed by atoms with van der Waals surface area (Å²) >= 11 is 0. The zero-order valence-corrected chi connectivity index (χ0v) is 18.5. The van der Waals surface area contributed by atoms with Gasteiger partial charge in [-0.25, -0.2) is 9.18 Å². The molecule has 0 radical (unpaired) electrons. The van der Waals surface area contributed by atoms with Gasteiger partial charge < -0.3 is 10.5 Å². The van der Waals surface area contributed by atoms with Crippen molar-refractivity contribution in [2.75, 3.05) is 0 Å². The Labute approximate surface area is 198 Å². The van der Waals surface area contributed by atoms with Gasteiger partial charge in [-0.15, -0.1) is 0 Å². The lowest BCUT2D eigenvalue weighted by atomic mass is 10.1. The number of amides is 1. The molecule has 0 aliphatic carbocycles. The van der Waals surface area contributed by atoms with E-state index in [4.69, 9.17) is 10.5 Å². The molecule has 0 saturated carbocycles. The van der Waals surface area contributed by atoms with Crippen LogP contribution in [0.5, 0.6) is 5.75 Å². The highest BCUT2D eigenvalue weighted by Crippen LogP contribution is 2.16. The number of hydrogen-bond acceptors (Lipinski definition) is 4. The van der Waals surface area contributed by atoms with Gasteiger partial charge in [0, 0.05) is 11.1 Å². The first kappa shape index (κ1) is 23.6. The molecular formula is C26H21F2N3O4.